The zero-order valence-electron chi connectivity index (χ0n) is 19.8. The van der Waals surface area contributed by atoms with E-state index in [-0.39, 0.29) is 12.4 Å². The van der Waals surface area contributed by atoms with E-state index in [0.717, 1.165) is 40.9 Å². The molecular formula is C26H24N4O5S. The van der Waals surface area contributed by atoms with Crippen LogP contribution in [0.1, 0.15) is 53.9 Å². The van der Waals surface area contributed by atoms with Gasteiger partial charge in [-0.05, 0) is 44.0 Å². The van der Waals surface area contributed by atoms with Gasteiger partial charge in [-0.1, -0.05) is 0 Å². The van der Waals surface area contributed by atoms with E-state index in [1.165, 1.54) is 11.9 Å². The number of ketones is 1. The molecule has 0 amide bonds. The zero-order chi connectivity index (χ0) is 24.8. The lowest BCUT2D eigenvalue weighted by atomic mass is 9.78. The number of imidazole rings is 1. The molecule has 184 valence electrons. The number of hydrogen-bond donors (Lipinski definition) is 2. The fourth-order valence-corrected chi connectivity index (χ4v) is 5.70. The van der Waals surface area contributed by atoms with Crippen molar-refractivity contribution < 1.29 is 23.5 Å². The first-order chi connectivity index (χ1) is 17.6. The smallest absolute Gasteiger partial charge is 0.356 e. The van der Waals surface area contributed by atoms with Crippen LogP contribution >= 0.6 is 11.9 Å². The number of carbonyl (C=O) groups excluding carboxylic acids is 2. The summed E-state index contributed by atoms with van der Waals surface area (Å²) >= 11 is 1.40. The predicted molar refractivity (Wildman–Crippen MR) is 134 cm³/mol. The molecule has 9 nitrogen and oxygen atoms in total. The molecule has 0 radical (unpaired) electrons. The lowest BCUT2D eigenvalue weighted by molar-refractivity contribution is -0.116. The average molecular weight is 505 g/mol. The topological polar surface area (TPSA) is 111 Å². The quantitative estimate of drug-likeness (QED) is 0.342. The molecular weight excluding hydrogens is 480 g/mol. The van der Waals surface area contributed by atoms with Gasteiger partial charge >= 0.3 is 5.97 Å². The Morgan fingerprint density at radius 1 is 1.28 bits per heavy atom. The van der Waals surface area contributed by atoms with Crippen LogP contribution in [0.25, 0.3) is 11.0 Å². The minimum absolute atomic E-state index is 0.0958. The Kier molecular flexibility index (Phi) is 5.60. The van der Waals surface area contributed by atoms with Gasteiger partial charge < -0.3 is 24.2 Å². The average Bonchev–Trinajstić information content (AvgIpc) is 3.62. The third-order valence-corrected chi connectivity index (χ3v) is 7.41. The van der Waals surface area contributed by atoms with Crippen LogP contribution in [0, 0.1) is 0 Å². The first kappa shape index (κ1) is 22.5. The summed E-state index contributed by atoms with van der Waals surface area (Å²) in [6.07, 6.45) is 5.49. The molecule has 36 heavy (non-hydrogen) atoms. The number of esters is 1. The molecule has 1 atom stereocenters. The summed E-state index contributed by atoms with van der Waals surface area (Å²) in [6.45, 7) is 2.04. The lowest BCUT2D eigenvalue weighted by Gasteiger charge is -2.31. The highest BCUT2D eigenvalue weighted by Gasteiger charge is 2.39. The molecule has 0 saturated carbocycles. The number of anilines is 1. The van der Waals surface area contributed by atoms with Gasteiger partial charge in [0.2, 0.25) is 0 Å². The van der Waals surface area contributed by atoms with Crippen molar-refractivity contribution in [3.63, 3.8) is 0 Å². The summed E-state index contributed by atoms with van der Waals surface area (Å²) in [5.41, 5.74) is 5.08. The van der Waals surface area contributed by atoms with Gasteiger partial charge in [-0.2, -0.15) is 0 Å². The van der Waals surface area contributed by atoms with Gasteiger partial charge in [0.05, 0.1) is 36.4 Å². The number of benzene rings is 1. The van der Waals surface area contributed by atoms with Crippen molar-refractivity contribution in [2.75, 3.05) is 19.0 Å². The molecule has 0 fully saturated rings. The molecule has 1 unspecified atom stereocenters. The van der Waals surface area contributed by atoms with Crippen molar-refractivity contribution in [2.45, 2.75) is 37.2 Å². The summed E-state index contributed by atoms with van der Waals surface area (Å²) in [5, 5.41) is 4.01. The summed E-state index contributed by atoms with van der Waals surface area (Å²) in [6, 6.07) is 9.51. The molecule has 1 aliphatic carbocycles. The fraction of sp³-hybridized carbons (Fsp3) is 0.269. The number of carbonyl (C=O) groups is 2. The molecule has 6 rings (SSSR count). The molecule has 4 aromatic rings. The third kappa shape index (κ3) is 3.69. The third-order valence-electron chi connectivity index (χ3n) is 6.52. The number of H-pyrrole nitrogens is 1. The van der Waals surface area contributed by atoms with Crippen molar-refractivity contribution >= 4 is 40.4 Å². The van der Waals surface area contributed by atoms with Gasteiger partial charge in [-0.25, -0.2) is 9.78 Å². The molecule has 0 bridgehead atoms. The number of aromatic nitrogens is 3. The molecule has 4 heterocycles. The molecule has 2 N–H and O–H groups in total. The number of hydrogen-bond acceptors (Lipinski definition) is 8. The predicted octanol–water partition coefficient (Wildman–Crippen LogP) is 5.26. The van der Waals surface area contributed by atoms with E-state index in [1.807, 2.05) is 34.3 Å². The molecule has 0 spiro atoms. The standard InChI is InChI=1S/C26H24N4O5S/c1-3-34-26(32)25-24-15(12-27-25)22(23-16(29-24)5-4-6-19(23)31)20-9-10-21(35-20)36-30-13-28-17-11-14(33-2)7-8-18(17)30/h7-13,22,27,29H,3-6H2,1-2H3. The van der Waals surface area contributed by atoms with E-state index in [0.29, 0.717) is 34.2 Å². The first-order valence-corrected chi connectivity index (χ1v) is 12.6. The maximum absolute atomic E-state index is 13.1. The second-order valence-electron chi connectivity index (χ2n) is 8.61. The number of aromatic amines is 1. The number of nitrogens with zero attached hydrogens (tertiary/aromatic N) is 2. The second kappa shape index (κ2) is 8.94. The first-order valence-electron chi connectivity index (χ1n) is 11.8. The maximum Gasteiger partial charge on any atom is 0.356 e. The van der Waals surface area contributed by atoms with E-state index in [1.54, 1.807) is 26.6 Å². The Morgan fingerprint density at radius 3 is 3.00 bits per heavy atom. The number of allylic oxidation sites excluding steroid dienone is 2. The highest BCUT2D eigenvalue weighted by Crippen LogP contribution is 2.47. The second-order valence-corrected chi connectivity index (χ2v) is 9.59. The van der Waals surface area contributed by atoms with E-state index in [4.69, 9.17) is 13.9 Å². The Hall–Kier alpha value is -3.92. The zero-order valence-corrected chi connectivity index (χ0v) is 20.6. The Bertz CT molecular complexity index is 1530. The summed E-state index contributed by atoms with van der Waals surface area (Å²) in [5.74, 6) is 0.633. The molecule has 1 aromatic carbocycles. The van der Waals surface area contributed by atoms with Crippen molar-refractivity contribution in [3.8, 4) is 5.75 Å². The van der Waals surface area contributed by atoms with Crippen molar-refractivity contribution in [1.29, 1.82) is 0 Å². The number of Topliss-reactive ketones (excluding diaryl/α,β-unsaturated/α-hetero) is 1. The summed E-state index contributed by atoms with van der Waals surface area (Å²) in [7, 11) is 1.63. The highest BCUT2D eigenvalue weighted by molar-refractivity contribution is 7.97. The lowest BCUT2D eigenvalue weighted by Crippen LogP contribution is -2.26. The van der Waals surface area contributed by atoms with Crippen LogP contribution in [0.4, 0.5) is 5.69 Å². The van der Waals surface area contributed by atoms with Gasteiger partial charge in [-0.3, -0.25) is 8.77 Å². The van der Waals surface area contributed by atoms with Crippen LogP contribution in [0.5, 0.6) is 5.75 Å². The Morgan fingerprint density at radius 2 is 2.17 bits per heavy atom. The van der Waals surface area contributed by atoms with Gasteiger partial charge in [0.25, 0.3) is 0 Å². The minimum atomic E-state index is -0.435. The maximum atomic E-state index is 13.1. The molecule has 3 aromatic heterocycles. The van der Waals surface area contributed by atoms with E-state index >= 15 is 0 Å². The van der Waals surface area contributed by atoms with Crippen LogP contribution in [0.2, 0.25) is 0 Å². The van der Waals surface area contributed by atoms with Crippen molar-refractivity contribution in [2.24, 2.45) is 0 Å². The number of nitrogens with one attached hydrogen (secondary N) is 2. The molecule has 2 aliphatic rings. The fourth-order valence-electron chi connectivity index (χ4n) is 4.90. The van der Waals surface area contributed by atoms with Gasteiger partial charge in [-0.15, -0.1) is 0 Å². The largest absolute Gasteiger partial charge is 0.497 e. The van der Waals surface area contributed by atoms with Gasteiger partial charge in [0, 0.05) is 47.5 Å². The minimum Gasteiger partial charge on any atom is -0.497 e. The van der Waals surface area contributed by atoms with Crippen LogP contribution in [0.3, 0.4) is 0 Å². The molecule has 0 saturated heterocycles. The van der Waals surface area contributed by atoms with E-state index in [9.17, 15) is 9.59 Å². The summed E-state index contributed by atoms with van der Waals surface area (Å²) < 4.78 is 18.7. The van der Waals surface area contributed by atoms with Crippen LogP contribution in [-0.2, 0) is 9.53 Å². The monoisotopic (exact) mass is 504 g/mol. The van der Waals surface area contributed by atoms with E-state index < -0.39 is 11.9 Å². The number of methoxy groups -OCH3 is 1. The Balaban J connectivity index is 1.37. The molecule has 1 aliphatic heterocycles. The van der Waals surface area contributed by atoms with Gasteiger partial charge in [0.15, 0.2) is 10.9 Å². The van der Waals surface area contributed by atoms with Crippen molar-refractivity contribution in [3.05, 3.63) is 71.1 Å². The summed E-state index contributed by atoms with van der Waals surface area (Å²) in [4.78, 5) is 33.1. The SMILES string of the molecule is CCOC(=O)c1[nH]cc2c1NC1=C(C(=O)CCC1)C2c1ccc(Sn2cnc3cc(OC)ccc32)o1. The highest BCUT2D eigenvalue weighted by atomic mass is 32.2. The van der Waals surface area contributed by atoms with E-state index in [2.05, 4.69) is 15.3 Å². The van der Waals surface area contributed by atoms with Crippen LogP contribution in [0.15, 0.2) is 63.6 Å². The van der Waals surface area contributed by atoms with Crippen molar-refractivity contribution in [1.82, 2.24) is 13.9 Å². The van der Waals surface area contributed by atoms with Crippen LogP contribution in [-0.4, -0.2) is 39.4 Å². The molecule has 10 heteroatoms. The number of fused-ring (bicyclic) bond motifs is 2. The Labute approximate surface area is 211 Å². The number of ether oxygens (including phenoxy) is 2. The number of rotatable bonds is 6. The normalized spacial score (nSPS) is 17.1. The number of furan rings is 1. The van der Waals surface area contributed by atoms with Crippen LogP contribution < -0.4 is 10.1 Å². The van der Waals surface area contributed by atoms with Gasteiger partial charge in [0.1, 0.15) is 23.5 Å².